The lowest BCUT2D eigenvalue weighted by molar-refractivity contribution is -0.128. The van der Waals surface area contributed by atoms with Crippen molar-refractivity contribution in [2.24, 2.45) is 0 Å². The third-order valence-corrected chi connectivity index (χ3v) is 5.79. The average Bonchev–Trinajstić information content (AvgIpc) is 3.32. The molecule has 0 bridgehead atoms. The van der Waals surface area contributed by atoms with Gasteiger partial charge in [0.05, 0.1) is 13.2 Å². The predicted molar refractivity (Wildman–Crippen MR) is 110 cm³/mol. The van der Waals surface area contributed by atoms with Crippen LogP contribution in [0.3, 0.4) is 0 Å². The van der Waals surface area contributed by atoms with E-state index in [1.807, 2.05) is 35.2 Å². The molecule has 1 aliphatic carbocycles. The molecule has 1 amide bonds. The van der Waals surface area contributed by atoms with E-state index < -0.39 is 0 Å². The van der Waals surface area contributed by atoms with E-state index in [9.17, 15) is 4.79 Å². The van der Waals surface area contributed by atoms with Crippen LogP contribution in [0.4, 0.5) is 5.69 Å². The minimum atomic E-state index is 0.172. The summed E-state index contributed by atoms with van der Waals surface area (Å²) in [5, 5.41) is 0. The molecule has 5 heteroatoms. The number of nitrogens with zero attached hydrogens (tertiary/aromatic N) is 1. The van der Waals surface area contributed by atoms with Gasteiger partial charge in [-0.3, -0.25) is 4.79 Å². The number of rotatable bonds is 6. The lowest BCUT2D eigenvalue weighted by Gasteiger charge is -2.19. The van der Waals surface area contributed by atoms with E-state index in [0.29, 0.717) is 19.5 Å². The minimum absolute atomic E-state index is 0.172. The summed E-state index contributed by atoms with van der Waals surface area (Å²) in [5.74, 6) is 1.91. The van der Waals surface area contributed by atoms with Crippen molar-refractivity contribution < 1.29 is 14.3 Å². The van der Waals surface area contributed by atoms with Gasteiger partial charge in [-0.05, 0) is 61.1 Å². The monoisotopic (exact) mass is 380 g/mol. The fourth-order valence-electron chi connectivity index (χ4n) is 4.29. The molecule has 4 rings (SSSR count). The molecular weight excluding hydrogens is 352 g/mol. The molecule has 1 heterocycles. The van der Waals surface area contributed by atoms with Gasteiger partial charge in [-0.25, -0.2) is 0 Å². The summed E-state index contributed by atoms with van der Waals surface area (Å²) in [6, 6.07) is 13.8. The Kier molecular flexibility index (Phi) is 5.42. The van der Waals surface area contributed by atoms with Crippen molar-refractivity contribution in [3.8, 4) is 11.5 Å². The van der Waals surface area contributed by atoms with Crippen molar-refractivity contribution in [1.29, 1.82) is 0 Å². The number of carbonyl (C=O) groups is 1. The number of nitrogen functional groups attached to an aromatic ring is 1. The molecule has 1 saturated carbocycles. The van der Waals surface area contributed by atoms with Crippen LogP contribution in [-0.2, 0) is 11.3 Å². The van der Waals surface area contributed by atoms with Crippen LogP contribution in [0.15, 0.2) is 42.5 Å². The lowest BCUT2D eigenvalue weighted by atomic mass is 9.98. The summed E-state index contributed by atoms with van der Waals surface area (Å²) in [4.78, 5) is 14.5. The number of nitrogens with two attached hydrogens (primary N) is 1. The van der Waals surface area contributed by atoms with E-state index in [1.54, 1.807) is 7.11 Å². The molecule has 2 N–H and O–H groups in total. The third kappa shape index (κ3) is 4.08. The highest BCUT2D eigenvalue weighted by Gasteiger charge is 2.31. The van der Waals surface area contributed by atoms with E-state index in [-0.39, 0.29) is 17.9 Å². The number of benzene rings is 2. The van der Waals surface area contributed by atoms with Crippen LogP contribution >= 0.6 is 0 Å². The second-order valence-corrected chi connectivity index (χ2v) is 7.85. The van der Waals surface area contributed by atoms with Crippen LogP contribution in [-0.4, -0.2) is 30.6 Å². The second kappa shape index (κ2) is 8.13. The van der Waals surface area contributed by atoms with E-state index in [1.165, 1.54) is 12.8 Å². The van der Waals surface area contributed by atoms with E-state index in [4.69, 9.17) is 15.2 Å². The molecule has 2 fully saturated rings. The number of anilines is 1. The molecule has 0 unspecified atom stereocenters. The fourth-order valence-corrected chi connectivity index (χ4v) is 4.29. The summed E-state index contributed by atoms with van der Waals surface area (Å²) < 4.78 is 11.7. The van der Waals surface area contributed by atoms with Crippen molar-refractivity contribution in [3.05, 3.63) is 53.6 Å². The second-order valence-electron chi connectivity index (χ2n) is 7.85. The van der Waals surface area contributed by atoms with Crippen LogP contribution in [0.25, 0.3) is 0 Å². The Morgan fingerprint density at radius 3 is 2.68 bits per heavy atom. The molecule has 1 atom stereocenters. The highest BCUT2D eigenvalue weighted by Crippen LogP contribution is 2.37. The molecule has 2 aliphatic rings. The summed E-state index contributed by atoms with van der Waals surface area (Å²) in [5.41, 5.74) is 8.79. The van der Waals surface area contributed by atoms with Gasteiger partial charge in [0, 0.05) is 31.1 Å². The summed E-state index contributed by atoms with van der Waals surface area (Å²) >= 11 is 0. The first-order valence-electron chi connectivity index (χ1n) is 10.1. The van der Waals surface area contributed by atoms with Crippen molar-refractivity contribution in [1.82, 2.24) is 4.90 Å². The number of methoxy groups -OCH3 is 1. The fraction of sp³-hybridized carbons (Fsp3) is 0.435. The Hall–Kier alpha value is -2.69. The summed E-state index contributed by atoms with van der Waals surface area (Å²) in [6.45, 7) is 1.31. The summed E-state index contributed by atoms with van der Waals surface area (Å²) in [6.07, 6.45) is 5.45. The first kappa shape index (κ1) is 18.7. The molecule has 5 nitrogen and oxygen atoms in total. The number of ether oxygens (including phenoxy) is 2. The maximum absolute atomic E-state index is 12.6. The van der Waals surface area contributed by atoms with E-state index >= 15 is 0 Å². The molecule has 148 valence electrons. The normalized spacial score (nSPS) is 20.0. The van der Waals surface area contributed by atoms with Crippen LogP contribution in [0.1, 0.15) is 49.1 Å². The van der Waals surface area contributed by atoms with E-state index in [0.717, 1.165) is 41.2 Å². The molecule has 0 aromatic heterocycles. The largest absolute Gasteiger partial charge is 0.493 e. The van der Waals surface area contributed by atoms with E-state index in [2.05, 4.69) is 12.1 Å². The molecular formula is C23H28N2O3. The summed E-state index contributed by atoms with van der Waals surface area (Å²) in [7, 11) is 1.67. The van der Waals surface area contributed by atoms with Gasteiger partial charge in [0.2, 0.25) is 5.91 Å². The van der Waals surface area contributed by atoms with Gasteiger partial charge in [0.1, 0.15) is 0 Å². The van der Waals surface area contributed by atoms with Gasteiger partial charge in [-0.1, -0.05) is 18.2 Å². The number of hydrogen-bond acceptors (Lipinski definition) is 4. The van der Waals surface area contributed by atoms with Crippen LogP contribution in [0.5, 0.6) is 11.5 Å². The van der Waals surface area contributed by atoms with Gasteiger partial charge in [-0.15, -0.1) is 0 Å². The zero-order valence-electron chi connectivity index (χ0n) is 16.4. The Bertz CT molecular complexity index is 845. The molecule has 28 heavy (non-hydrogen) atoms. The maximum atomic E-state index is 12.6. The third-order valence-electron chi connectivity index (χ3n) is 5.79. The van der Waals surface area contributed by atoms with Gasteiger partial charge in [0.15, 0.2) is 11.5 Å². The standard InChI is InChI=1S/C23H28N2O3/c1-27-21-10-9-17(12-22(21)28-20-7-2-3-8-20)18-13-23(26)25(15-18)14-16-5-4-6-19(24)11-16/h4-6,9-12,18,20H,2-3,7-8,13-15,24H2,1H3/t18-/m0/s1. The zero-order chi connectivity index (χ0) is 19.5. The smallest absolute Gasteiger partial charge is 0.223 e. The van der Waals surface area contributed by atoms with Gasteiger partial charge < -0.3 is 20.1 Å². The zero-order valence-corrected chi connectivity index (χ0v) is 16.4. The Balaban J connectivity index is 1.48. The molecule has 1 saturated heterocycles. The first-order chi connectivity index (χ1) is 13.6. The molecule has 0 spiro atoms. The number of amides is 1. The first-order valence-corrected chi connectivity index (χ1v) is 10.1. The quantitative estimate of drug-likeness (QED) is 0.766. The van der Waals surface area contributed by atoms with Crippen molar-refractivity contribution in [3.63, 3.8) is 0 Å². The highest BCUT2D eigenvalue weighted by atomic mass is 16.5. The van der Waals surface area contributed by atoms with Crippen molar-refractivity contribution in [2.45, 2.75) is 50.7 Å². The van der Waals surface area contributed by atoms with Crippen molar-refractivity contribution >= 4 is 11.6 Å². The predicted octanol–water partition coefficient (Wildman–Crippen LogP) is 4.11. The topological polar surface area (TPSA) is 64.8 Å². The van der Waals surface area contributed by atoms with Crippen LogP contribution in [0, 0.1) is 0 Å². The Morgan fingerprint density at radius 1 is 1.11 bits per heavy atom. The molecule has 1 aliphatic heterocycles. The van der Waals surface area contributed by atoms with Gasteiger partial charge in [0.25, 0.3) is 0 Å². The Labute approximate surface area is 166 Å². The highest BCUT2D eigenvalue weighted by molar-refractivity contribution is 5.80. The van der Waals surface area contributed by atoms with Crippen LogP contribution in [0.2, 0.25) is 0 Å². The minimum Gasteiger partial charge on any atom is -0.493 e. The Morgan fingerprint density at radius 2 is 1.93 bits per heavy atom. The molecule has 2 aromatic carbocycles. The number of likely N-dealkylation sites (tertiary alicyclic amines) is 1. The van der Waals surface area contributed by atoms with Gasteiger partial charge in [-0.2, -0.15) is 0 Å². The van der Waals surface area contributed by atoms with Crippen LogP contribution < -0.4 is 15.2 Å². The maximum Gasteiger partial charge on any atom is 0.223 e. The van der Waals surface area contributed by atoms with Gasteiger partial charge >= 0.3 is 0 Å². The number of carbonyl (C=O) groups excluding carboxylic acids is 1. The van der Waals surface area contributed by atoms with Crippen molar-refractivity contribution in [2.75, 3.05) is 19.4 Å². The lowest BCUT2D eigenvalue weighted by Crippen LogP contribution is -2.24. The molecule has 0 radical (unpaired) electrons. The number of hydrogen-bond donors (Lipinski definition) is 1. The SMILES string of the molecule is COc1ccc([C@H]2CC(=O)N(Cc3cccc(N)c3)C2)cc1OC1CCCC1. The molecule has 2 aromatic rings. The average molecular weight is 380 g/mol.